The Balaban J connectivity index is 2.31. The molecule has 0 aromatic heterocycles. The summed E-state index contributed by atoms with van der Waals surface area (Å²) in [5.74, 6) is 0. The predicted molar refractivity (Wildman–Crippen MR) is 82.8 cm³/mol. The lowest BCUT2D eigenvalue weighted by molar-refractivity contribution is 0.339. The van der Waals surface area contributed by atoms with E-state index in [4.69, 9.17) is 5.26 Å². The van der Waals surface area contributed by atoms with Gasteiger partial charge in [-0.15, -0.1) is 0 Å². The highest BCUT2D eigenvalue weighted by molar-refractivity contribution is 7.86. The van der Waals surface area contributed by atoms with E-state index in [9.17, 15) is 8.42 Å². The van der Waals surface area contributed by atoms with Gasteiger partial charge in [0.1, 0.15) is 11.0 Å². The highest BCUT2D eigenvalue weighted by Gasteiger charge is 2.16. The van der Waals surface area contributed by atoms with Gasteiger partial charge >= 0.3 is 10.1 Å². The Bertz CT molecular complexity index is 848. The largest absolute Gasteiger partial charge is 0.358 e. The lowest BCUT2D eigenvalue weighted by Crippen LogP contribution is -2.07. The van der Waals surface area contributed by atoms with Crippen molar-refractivity contribution in [2.45, 2.75) is 18.7 Å². The molecule has 0 saturated carbocycles. The van der Waals surface area contributed by atoms with Crippen LogP contribution >= 0.6 is 0 Å². The van der Waals surface area contributed by atoms with Gasteiger partial charge in [-0.05, 0) is 31.5 Å². The van der Waals surface area contributed by atoms with Gasteiger partial charge in [-0.2, -0.15) is 13.7 Å². The standard InChI is InChI=1S/C16H14N2O3S/c1-12-7-9-14(10-8-12)22(19,20)21-18-16(11-17)15-6-4-3-5-13(15)2/h3-10H,1-2H3. The Morgan fingerprint density at radius 2 is 1.73 bits per heavy atom. The normalized spacial score (nSPS) is 11.8. The Hall–Kier alpha value is -2.65. The Kier molecular flexibility index (Phi) is 4.59. The molecule has 0 radical (unpaired) electrons. The number of hydrogen-bond acceptors (Lipinski definition) is 5. The quantitative estimate of drug-likeness (QED) is 0.642. The monoisotopic (exact) mass is 314 g/mol. The van der Waals surface area contributed by atoms with Crippen LogP contribution < -0.4 is 0 Å². The van der Waals surface area contributed by atoms with Gasteiger partial charge in [0.05, 0.1) is 0 Å². The third-order valence-electron chi connectivity index (χ3n) is 3.04. The second-order valence-corrected chi connectivity index (χ2v) is 6.24. The van der Waals surface area contributed by atoms with E-state index in [0.717, 1.165) is 11.1 Å². The summed E-state index contributed by atoms with van der Waals surface area (Å²) in [6.07, 6.45) is 0. The molecule has 0 fully saturated rings. The van der Waals surface area contributed by atoms with E-state index in [1.165, 1.54) is 12.1 Å². The second-order valence-electron chi connectivity index (χ2n) is 4.71. The summed E-state index contributed by atoms with van der Waals surface area (Å²) in [6, 6.07) is 15.1. The molecule has 22 heavy (non-hydrogen) atoms. The second kappa shape index (κ2) is 6.41. The van der Waals surface area contributed by atoms with Gasteiger partial charge in [-0.1, -0.05) is 47.1 Å². The number of nitriles is 1. The van der Waals surface area contributed by atoms with Gasteiger partial charge in [0.15, 0.2) is 5.71 Å². The summed E-state index contributed by atoms with van der Waals surface area (Å²) >= 11 is 0. The van der Waals surface area contributed by atoms with Crippen LogP contribution in [0.4, 0.5) is 0 Å². The molecule has 0 aliphatic rings. The van der Waals surface area contributed by atoms with Crippen LogP contribution in [-0.4, -0.2) is 14.1 Å². The molecule has 0 heterocycles. The Morgan fingerprint density at radius 1 is 1.09 bits per heavy atom. The van der Waals surface area contributed by atoms with Crippen LogP contribution in [0.5, 0.6) is 0 Å². The highest BCUT2D eigenvalue weighted by Crippen LogP contribution is 2.15. The SMILES string of the molecule is Cc1ccc(S(=O)(=O)ON=C(C#N)c2ccccc2C)cc1. The first-order valence-corrected chi connectivity index (χ1v) is 7.89. The Labute approximate surface area is 129 Å². The average molecular weight is 314 g/mol. The van der Waals surface area contributed by atoms with Crippen LogP contribution in [0.2, 0.25) is 0 Å². The number of rotatable bonds is 4. The molecule has 0 aliphatic heterocycles. The van der Waals surface area contributed by atoms with E-state index in [0.29, 0.717) is 5.56 Å². The number of benzene rings is 2. The number of nitrogens with zero attached hydrogens (tertiary/aromatic N) is 2. The maximum atomic E-state index is 12.0. The van der Waals surface area contributed by atoms with E-state index in [1.807, 2.05) is 19.1 Å². The molecular weight excluding hydrogens is 300 g/mol. The van der Waals surface area contributed by atoms with Crippen molar-refractivity contribution in [3.63, 3.8) is 0 Å². The molecule has 0 bridgehead atoms. The van der Waals surface area contributed by atoms with Crippen LogP contribution in [0.25, 0.3) is 0 Å². The summed E-state index contributed by atoms with van der Waals surface area (Å²) in [5, 5.41) is 12.7. The minimum Gasteiger partial charge on any atom is -0.263 e. The van der Waals surface area contributed by atoms with Crippen molar-refractivity contribution >= 4 is 15.8 Å². The molecule has 0 amide bonds. The fourth-order valence-electron chi connectivity index (χ4n) is 1.80. The summed E-state index contributed by atoms with van der Waals surface area (Å²) in [7, 11) is -4.04. The fourth-order valence-corrected chi connectivity index (χ4v) is 2.53. The molecule has 2 rings (SSSR count). The average Bonchev–Trinajstić information content (AvgIpc) is 2.50. The van der Waals surface area contributed by atoms with Gasteiger partial charge in [0.25, 0.3) is 0 Å². The van der Waals surface area contributed by atoms with Crippen LogP contribution in [0.1, 0.15) is 16.7 Å². The van der Waals surface area contributed by atoms with Crippen molar-refractivity contribution in [1.82, 2.24) is 0 Å². The lowest BCUT2D eigenvalue weighted by atomic mass is 10.1. The molecule has 112 valence electrons. The van der Waals surface area contributed by atoms with E-state index in [1.54, 1.807) is 37.3 Å². The lowest BCUT2D eigenvalue weighted by Gasteiger charge is -2.04. The van der Waals surface area contributed by atoms with Crippen LogP contribution in [0.3, 0.4) is 0 Å². The van der Waals surface area contributed by atoms with Crippen molar-refractivity contribution in [2.75, 3.05) is 0 Å². The summed E-state index contributed by atoms with van der Waals surface area (Å²) in [5.41, 5.74) is 2.18. The van der Waals surface area contributed by atoms with Crippen LogP contribution in [0, 0.1) is 25.2 Å². The van der Waals surface area contributed by atoms with E-state index in [-0.39, 0.29) is 10.6 Å². The smallest absolute Gasteiger partial charge is 0.263 e. The van der Waals surface area contributed by atoms with Gasteiger partial charge in [-0.25, -0.2) is 0 Å². The maximum Gasteiger partial charge on any atom is 0.358 e. The zero-order valence-corrected chi connectivity index (χ0v) is 13.0. The third kappa shape index (κ3) is 3.51. The topological polar surface area (TPSA) is 79.5 Å². The molecular formula is C16H14N2O3S. The molecule has 2 aromatic rings. The van der Waals surface area contributed by atoms with Crippen molar-refractivity contribution in [3.8, 4) is 6.07 Å². The third-order valence-corrected chi connectivity index (χ3v) is 4.16. The zero-order chi connectivity index (χ0) is 16.2. The molecule has 0 saturated heterocycles. The van der Waals surface area contributed by atoms with E-state index < -0.39 is 10.1 Å². The molecule has 0 atom stereocenters. The predicted octanol–water partition coefficient (Wildman–Crippen LogP) is 2.94. The zero-order valence-electron chi connectivity index (χ0n) is 12.1. The fraction of sp³-hybridized carbons (Fsp3) is 0.125. The molecule has 0 aliphatic carbocycles. The molecule has 0 unspecified atom stereocenters. The highest BCUT2D eigenvalue weighted by atomic mass is 32.2. The van der Waals surface area contributed by atoms with E-state index >= 15 is 0 Å². The van der Waals surface area contributed by atoms with Crippen molar-refractivity contribution in [2.24, 2.45) is 5.16 Å². The Morgan fingerprint density at radius 3 is 2.32 bits per heavy atom. The minimum atomic E-state index is -4.04. The molecule has 2 aromatic carbocycles. The number of oxime groups is 1. The molecule has 0 N–H and O–H groups in total. The molecule has 5 nitrogen and oxygen atoms in total. The van der Waals surface area contributed by atoms with Crippen molar-refractivity contribution in [1.29, 1.82) is 5.26 Å². The summed E-state index contributed by atoms with van der Waals surface area (Å²) in [4.78, 5) is -0.0103. The first kappa shape index (κ1) is 15.7. The van der Waals surface area contributed by atoms with Gasteiger partial charge in [0.2, 0.25) is 0 Å². The van der Waals surface area contributed by atoms with Gasteiger partial charge < -0.3 is 0 Å². The first-order valence-electron chi connectivity index (χ1n) is 6.48. The van der Waals surface area contributed by atoms with Gasteiger partial charge in [-0.3, -0.25) is 4.28 Å². The minimum absolute atomic E-state index is 0.0103. The summed E-state index contributed by atoms with van der Waals surface area (Å²) < 4.78 is 28.7. The number of hydrogen-bond donors (Lipinski definition) is 0. The molecule has 6 heteroatoms. The van der Waals surface area contributed by atoms with Crippen LogP contribution in [0.15, 0.2) is 58.6 Å². The summed E-state index contributed by atoms with van der Waals surface area (Å²) in [6.45, 7) is 3.65. The van der Waals surface area contributed by atoms with Crippen molar-refractivity contribution < 1.29 is 12.7 Å². The maximum absolute atomic E-state index is 12.0. The van der Waals surface area contributed by atoms with Crippen molar-refractivity contribution in [3.05, 3.63) is 65.2 Å². The van der Waals surface area contributed by atoms with Gasteiger partial charge in [0, 0.05) is 5.56 Å². The number of aryl methyl sites for hydroxylation is 2. The van der Waals surface area contributed by atoms with Crippen LogP contribution in [-0.2, 0) is 14.4 Å². The van der Waals surface area contributed by atoms with E-state index in [2.05, 4.69) is 9.44 Å². The molecule has 0 spiro atoms. The first-order chi connectivity index (χ1) is 10.4.